The fourth-order valence-corrected chi connectivity index (χ4v) is 5.08. The Labute approximate surface area is 137 Å². The number of thiophene rings is 1. The van der Waals surface area contributed by atoms with Crippen LogP contribution in [-0.2, 0) is 12.8 Å². The first-order valence-electron chi connectivity index (χ1n) is 7.54. The molecular formula is C16H18N4S2. The second-order valence-corrected chi connectivity index (χ2v) is 8.19. The van der Waals surface area contributed by atoms with Gasteiger partial charge in [0.2, 0.25) is 0 Å². The molecule has 3 heterocycles. The van der Waals surface area contributed by atoms with Crippen molar-refractivity contribution in [2.24, 2.45) is 5.92 Å². The van der Waals surface area contributed by atoms with E-state index in [1.165, 1.54) is 28.7 Å². The second kappa shape index (κ2) is 5.35. The van der Waals surface area contributed by atoms with Crippen molar-refractivity contribution in [2.75, 3.05) is 5.75 Å². The minimum atomic E-state index is 0.741. The normalized spacial score (nSPS) is 18.0. The minimum Gasteiger partial charge on any atom is -0.214 e. The molecule has 3 aromatic rings. The van der Waals surface area contributed by atoms with Gasteiger partial charge in [-0.3, -0.25) is 0 Å². The monoisotopic (exact) mass is 330 g/mol. The van der Waals surface area contributed by atoms with Gasteiger partial charge in [-0.25, -0.2) is 9.97 Å². The number of aryl methyl sites for hydroxylation is 1. The molecule has 0 spiro atoms. The molecule has 1 aliphatic carbocycles. The van der Waals surface area contributed by atoms with E-state index in [0.717, 1.165) is 39.3 Å². The quantitative estimate of drug-likeness (QED) is 0.411. The lowest BCUT2D eigenvalue weighted by Gasteiger charge is -2.17. The van der Waals surface area contributed by atoms with E-state index in [0.29, 0.717) is 0 Å². The number of rotatable bonds is 3. The lowest BCUT2D eigenvalue weighted by atomic mass is 9.89. The third kappa shape index (κ3) is 2.25. The van der Waals surface area contributed by atoms with E-state index in [9.17, 15) is 0 Å². The van der Waals surface area contributed by atoms with Crippen LogP contribution in [0.4, 0.5) is 0 Å². The molecule has 1 atom stereocenters. The third-order valence-corrected chi connectivity index (χ3v) is 6.43. The van der Waals surface area contributed by atoms with Crippen LogP contribution >= 0.6 is 23.1 Å². The van der Waals surface area contributed by atoms with Crippen LogP contribution in [0.1, 0.15) is 30.7 Å². The molecule has 3 aromatic heterocycles. The van der Waals surface area contributed by atoms with Crippen LogP contribution in [0, 0.1) is 5.92 Å². The van der Waals surface area contributed by atoms with Crippen molar-refractivity contribution >= 4 is 39.0 Å². The van der Waals surface area contributed by atoms with Gasteiger partial charge in [0.05, 0.1) is 5.39 Å². The molecule has 0 bridgehead atoms. The first-order chi connectivity index (χ1) is 10.6. The van der Waals surface area contributed by atoms with Crippen molar-refractivity contribution in [1.82, 2.24) is 19.6 Å². The van der Waals surface area contributed by atoms with Gasteiger partial charge in [0.25, 0.3) is 0 Å². The summed E-state index contributed by atoms with van der Waals surface area (Å²) >= 11 is 3.52. The SMILES string of the molecule is C=C(C)CSc1nc2sc3c(c2c2ncnn12)CC(C)CC3. The van der Waals surface area contributed by atoms with Crippen molar-refractivity contribution < 1.29 is 0 Å². The van der Waals surface area contributed by atoms with Gasteiger partial charge in [0.15, 0.2) is 10.8 Å². The van der Waals surface area contributed by atoms with Crippen molar-refractivity contribution in [3.05, 3.63) is 28.9 Å². The average Bonchev–Trinajstić information content (AvgIpc) is 3.07. The van der Waals surface area contributed by atoms with E-state index >= 15 is 0 Å². The van der Waals surface area contributed by atoms with Crippen molar-refractivity contribution in [3.63, 3.8) is 0 Å². The largest absolute Gasteiger partial charge is 0.214 e. The number of fused-ring (bicyclic) bond motifs is 5. The molecule has 22 heavy (non-hydrogen) atoms. The molecule has 0 aromatic carbocycles. The predicted molar refractivity (Wildman–Crippen MR) is 92.9 cm³/mol. The first kappa shape index (κ1) is 14.2. The zero-order valence-electron chi connectivity index (χ0n) is 12.8. The highest BCUT2D eigenvalue weighted by molar-refractivity contribution is 7.99. The molecule has 0 saturated heterocycles. The number of thioether (sulfide) groups is 1. The zero-order chi connectivity index (χ0) is 15.3. The number of hydrogen-bond acceptors (Lipinski definition) is 5. The van der Waals surface area contributed by atoms with Gasteiger partial charge in [-0.1, -0.05) is 30.8 Å². The van der Waals surface area contributed by atoms with Crippen LogP contribution in [0.25, 0.3) is 15.9 Å². The molecule has 0 amide bonds. The van der Waals surface area contributed by atoms with E-state index in [4.69, 9.17) is 4.98 Å². The summed E-state index contributed by atoms with van der Waals surface area (Å²) in [5, 5.41) is 6.53. The van der Waals surface area contributed by atoms with Crippen LogP contribution in [0.15, 0.2) is 23.6 Å². The highest BCUT2D eigenvalue weighted by atomic mass is 32.2. The summed E-state index contributed by atoms with van der Waals surface area (Å²) in [4.78, 5) is 12.0. The highest BCUT2D eigenvalue weighted by Crippen LogP contribution is 2.39. The Hall–Kier alpha value is -1.40. The molecule has 4 nitrogen and oxygen atoms in total. The van der Waals surface area contributed by atoms with Crippen molar-refractivity contribution in [3.8, 4) is 0 Å². The fraction of sp³-hybridized carbons (Fsp3) is 0.438. The maximum Gasteiger partial charge on any atom is 0.192 e. The summed E-state index contributed by atoms with van der Waals surface area (Å²) in [5.41, 5.74) is 3.56. The zero-order valence-corrected chi connectivity index (χ0v) is 14.4. The highest BCUT2D eigenvalue weighted by Gasteiger charge is 2.24. The summed E-state index contributed by atoms with van der Waals surface area (Å²) in [6, 6.07) is 0. The molecule has 0 fully saturated rings. The van der Waals surface area contributed by atoms with Crippen LogP contribution in [0.3, 0.4) is 0 Å². The van der Waals surface area contributed by atoms with Gasteiger partial charge in [-0.05, 0) is 37.7 Å². The molecule has 114 valence electrons. The van der Waals surface area contributed by atoms with Crippen molar-refractivity contribution in [1.29, 1.82) is 0 Å². The lowest BCUT2D eigenvalue weighted by molar-refractivity contribution is 0.508. The maximum absolute atomic E-state index is 4.88. The Kier molecular flexibility index (Phi) is 3.46. The van der Waals surface area contributed by atoms with Gasteiger partial charge in [-0.2, -0.15) is 9.61 Å². The molecule has 1 unspecified atom stereocenters. The Balaban J connectivity index is 1.93. The Morgan fingerprint density at radius 3 is 3.23 bits per heavy atom. The van der Waals surface area contributed by atoms with Gasteiger partial charge in [0.1, 0.15) is 11.2 Å². The summed E-state index contributed by atoms with van der Waals surface area (Å²) in [5.74, 6) is 1.60. The Morgan fingerprint density at radius 2 is 2.41 bits per heavy atom. The smallest absolute Gasteiger partial charge is 0.192 e. The van der Waals surface area contributed by atoms with Gasteiger partial charge in [-0.15, -0.1) is 11.3 Å². The molecule has 0 aliphatic heterocycles. The standard InChI is InChI=1S/C16H18N4S2/c1-9(2)7-21-16-19-15-13(14-17-8-18-20(14)16)11-6-10(3)4-5-12(11)22-15/h8,10H,1,4-7H2,2-3H3. The van der Waals surface area contributed by atoms with Crippen molar-refractivity contribution in [2.45, 2.75) is 38.3 Å². The number of hydrogen-bond donors (Lipinski definition) is 0. The molecule has 0 saturated carbocycles. The van der Waals surface area contributed by atoms with E-state index in [1.807, 2.05) is 22.8 Å². The summed E-state index contributed by atoms with van der Waals surface area (Å²) < 4.78 is 1.89. The molecule has 0 N–H and O–H groups in total. The third-order valence-electron chi connectivity index (χ3n) is 4.09. The lowest BCUT2D eigenvalue weighted by Crippen LogP contribution is -2.09. The number of aromatic nitrogens is 4. The van der Waals surface area contributed by atoms with E-state index in [1.54, 1.807) is 18.1 Å². The van der Waals surface area contributed by atoms with Crippen LogP contribution < -0.4 is 0 Å². The molecular weight excluding hydrogens is 312 g/mol. The van der Waals surface area contributed by atoms with Gasteiger partial charge < -0.3 is 0 Å². The summed E-state index contributed by atoms with van der Waals surface area (Å²) in [7, 11) is 0. The van der Waals surface area contributed by atoms with E-state index in [2.05, 4.69) is 23.6 Å². The molecule has 0 radical (unpaired) electrons. The van der Waals surface area contributed by atoms with Crippen LogP contribution in [-0.4, -0.2) is 25.3 Å². The van der Waals surface area contributed by atoms with E-state index in [-0.39, 0.29) is 0 Å². The Morgan fingerprint density at radius 1 is 1.55 bits per heavy atom. The maximum atomic E-state index is 4.88. The molecule has 1 aliphatic rings. The van der Waals surface area contributed by atoms with Crippen LogP contribution in [0.5, 0.6) is 0 Å². The first-order valence-corrected chi connectivity index (χ1v) is 9.35. The van der Waals surface area contributed by atoms with Crippen LogP contribution in [0.2, 0.25) is 0 Å². The Bertz CT molecular complexity index is 877. The minimum absolute atomic E-state index is 0.741. The summed E-state index contributed by atoms with van der Waals surface area (Å²) in [6.07, 6.45) is 5.22. The average molecular weight is 330 g/mol. The number of nitrogens with zero attached hydrogens (tertiary/aromatic N) is 4. The predicted octanol–water partition coefficient (Wildman–Crippen LogP) is 4.13. The topological polar surface area (TPSA) is 43.1 Å². The fourth-order valence-electron chi connectivity index (χ4n) is 3.02. The molecule has 6 heteroatoms. The van der Waals surface area contributed by atoms with Gasteiger partial charge in [0, 0.05) is 10.6 Å². The second-order valence-electron chi connectivity index (χ2n) is 6.17. The summed E-state index contributed by atoms with van der Waals surface area (Å²) in [6.45, 7) is 8.34. The molecule has 4 rings (SSSR count). The van der Waals surface area contributed by atoms with Gasteiger partial charge >= 0.3 is 0 Å². The van der Waals surface area contributed by atoms with E-state index < -0.39 is 0 Å².